The van der Waals surface area contributed by atoms with Crippen molar-refractivity contribution in [2.24, 2.45) is 5.92 Å². The van der Waals surface area contributed by atoms with Crippen LogP contribution < -0.4 is 15.4 Å². The molecule has 138 valence electrons. The van der Waals surface area contributed by atoms with E-state index < -0.39 is 0 Å². The van der Waals surface area contributed by atoms with Crippen molar-refractivity contribution in [3.05, 3.63) is 28.8 Å². The normalized spacial score (nSPS) is 19.8. The number of carbonyl (C=O) groups is 2. The fourth-order valence-corrected chi connectivity index (χ4v) is 3.16. The van der Waals surface area contributed by atoms with Crippen molar-refractivity contribution in [2.45, 2.75) is 45.2 Å². The van der Waals surface area contributed by atoms with E-state index in [1.165, 1.54) is 0 Å². The van der Waals surface area contributed by atoms with Gasteiger partial charge in [-0.1, -0.05) is 17.7 Å². The number of benzene rings is 1. The molecule has 1 saturated carbocycles. The number of urea groups is 1. The molecule has 2 rings (SSSR count). The number of halogens is 1. The van der Waals surface area contributed by atoms with Crippen LogP contribution in [0.4, 0.5) is 4.79 Å². The molecule has 25 heavy (non-hydrogen) atoms. The lowest BCUT2D eigenvalue weighted by molar-refractivity contribution is -0.149. The minimum absolute atomic E-state index is 0.0393. The maximum Gasteiger partial charge on any atom is 0.315 e. The lowest BCUT2D eigenvalue weighted by atomic mass is 9.86. The molecule has 0 unspecified atom stereocenters. The smallest absolute Gasteiger partial charge is 0.315 e. The number of amides is 2. The van der Waals surface area contributed by atoms with E-state index in [4.69, 9.17) is 21.1 Å². The molecule has 0 aliphatic heterocycles. The Morgan fingerprint density at radius 2 is 1.96 bits per heavy atom. The number of hydrogen-bond acceptors (Lipinski definition) is 4. The number of esters is 1. The van der Waals surface area contributed by atoms with Gasteiger partial charge >= 0.3 is 12.0 Å². The fraction of sp³-hybridized carbons (Fsp3) is 0.556. The zero-order valence-corrected chi connectivity index (χ0v) is 15.4. The third-order valence-corrected chi connectivity index (χ3v) is 4.66. The maximum atomic E-state index is 12.1. The first-order valence-corrected chi connectivity index (χ1v) is 8.94. The first-order valence-electron chi connectivity index (χ1n) is 8.56. The second-order valence-electron chi connectivity index (χ2n) is 6.10. The number of methoxy groups -OCH3 is 1. The van der Waals surface area contributed by atoms with E-state index in [2.05, 4.69) is 10.6 Å². The number of carbonyl (C=O) groups excluding carboxylic acids is 2. The van der Waals surface area contributed by atoms with Gasteiger partial charge in [-0.15, -0.1) is 0 Å². The molecule has 2 amide bonds. The van der Waals surface area contributed by atoms with E-state index in [0.29, 0.717) is 23.9 Å². The van der Waals surface area contributed by atoms with Crippen molar-refractivity contribution in [1.82, 2.24) is 10.6 Å². The minimum atomic E-state index is -0.214. The summed E-state index contributed by atoms with van der Waals surface area (Å²) in [5.41, 5.74) is 0.905. The lowest BCUT2D eigenvalue weighted by Gasteiger charge is -2.27. The molecule has 0 radical (unpaired) electrons. The second-order valence-corrected chi connectivity index (χ2v) is 6.50. The Balaban J connectivity index is 1.73. The summed E-state index contributed by atoms with van der Waals surface area (Å²) in [4.78, 5) is 23.8. The molecule has 0 atom stereocenters. The zero-order valence-electron chi connectivity index (χ0n) is 14.6. The molecular weight excluding hydrogens is 344 g/mol. The molecule has 1 aliphatic rings. The van der Waals surface area contributed by atoms with Gasteiger partial charge in [0.25, 0.3) is 0 Å². The summed E-state index contributed by atoms with van der Waals surface area (Å²) in [6.45, 7) is 2.61. The Kier molecular flexibility index (Phi) is 7.37. The third-order valence-electron chi connectivity index (χ3n) is 4.35. The van der Waals surface area contributed by atoms with Gasteiger partial charge in [0, 0.05) is 12.6 Å². The van der Waals surface area contributed by atoms with Crippen LogP contribution in [0.2, 0.25) is 5.02 Å². The van der Waals surface area contributed by atoms with E-state index >= 15 is 0 Å². The van der Waals surface area contributed by atoms with Crippen LogP contribution in [-0.4, -0.2) is 31.8 Å². The molecule has 1 aromatic rings. The highest BCUT2D eigenvalue weighted by molar-refractivity contribution is 6.32. The van der Waals surface area contributed by atoms with E-state index in [0.717, 1.165) is 31.2 Å². The lowest BCUT2D eigenvalue weighted by Crippen LogP contribution is -2.44. The highest BCUT2D eigenvalue weighted by Crippen LogP contribution is 2.26. The summed E-state index contributed by atoms with van der Waals surface area (Å²) >= 11 is 5.98. The number of hydrogen-bond donors (Lipinski definition) is 2. The Labute approximate surface area is 153 Å². The van der Waals surface area contributed by atoms with Gasteiger partial charge in [-0.3, -0.25) is 4.79 Å². The summed E-state index contributed by atoms with van der Waals surface area (Å²) < 4.78 is 10.2. The molecule has 0 saturated heterocycles. The predicted molar refractivity (Wildman–Crippen MR) is 95.8 cm³/mol. The first kappa shape index (κ1) is 19.4. The number of ether oxygens (including phenoxy) is 2. The van der Waals surface area contributed by atoms with Gasteiger partial charge in [0.15, 0.2) is 0 Å². The maximum absolute atomic E-state index is 12.1. The van der Waals surface area contributed by atoms with Crippen LogP contribution in [0.3, 0.4) is 0 Å². The van der Waals surface area contributed by atoms with Gasteiger partial charge in [0.05, 0.1) is 24.7 Å². The first-order chi connectivity index (χ1) is 12.0. The molecule has 7 heteroatoms. The molecule has 0 heterocycles. The largest absolute Gasteiger partial charge is 0.495 e. The Morgan fingerprint density at radius 3 is 2.60 bits per heavy atom. The Morgan fingerprint density at radius 1 is 1.24 bits per heavy atom. The van der Waals surface area contributed by atoms with Crippen LogP contribution in [-0.2, 0) is 16.1 Å². The average Bonchev–Trinajstić information content (AvgIpc) is 2.62. The van der Waals surface area contributed by atoms with Gasteiger partial charge in [0.1, 0.15) is 5.75 Å². The molecule has 0 spiro atoms. The van der Waals surface area contributed by atoms with Crippen molar-refractivity contribution in [3.63, 3.8) is 0 Å². The van der Waals surface area contributed by atoms with Crippen LogP contribution in [0.1, 0.15) is 38.2 Å². The molecule has 6 nitrogen and oxygen atoms in total. The van der Waals surface area contributed by atoms with Gasteiger partial charge < -0.3 is 20.1 Å². The molecule has 0 bridgehead atoms. The summed E-state index contributed by atoms with van der Waals surface area (Å²) in [5.74, 6) is 0.420. The van der Waals surface area contributed by atoms with Crippen LogP contribution in [0.15, 0.2) is 18.2 Å². The van der Waals surface area contributed by atoms with Crippen molar-refractivity contribution in [3.8, 4) is 5.75 Å². The summed E-state index contributed by atoms with van der Waals surface area (Å²) in [7, 11) is 1.55. The van der Waals surface area contributed by atoms with Crippen LogP contribution >= 0.6 is 11.6 Å². The summed E-state index contributed by atoms with van der Waals surface area (Å²) in [5, 5.41) is 6.33. The van der Waals surface area contributed by atoms with Gasteiger partial charge in [-0.25, -0.2) is 4.79 Å². The van der Waals surface area contributed by atoms with E-state index in [9.17, 15) is 9.59 Å². The SMILES string of the molecule is CCOC(=O)C1CCC(NC(=O)NCc2ccc(Cl)c(OC)c2)CC1. The second kappa shape index (κ2) is 9.51. The summed E-state index contributed by atoms with van der Waals surface area (Å²) in [6, 6.07) is 5.26. The molecule has 0 aromatic heterocycles. The molecular formula is C18H25ClN2O4. The molecule has 1 aromatic carbocycles. The predicted octanol–water partition coefficient (Wildman–Crippen LogP) is 3.27. The molecule has 2 N–H and O–H groups in total. The van der Waals surface area contributed by atoms with E-state index in [-0.39, 0.29) is 24.0 Å². The van der Waals surface area contributed by atoms with E-state index in [1.54, 1.807) is 19.2 Å². The Bertz CT molecular complexity index is 601. The fourth-order valence-electron chi connectivity index (χ4n) is 2.97. The molecule has 1 aliphatic carbocycles. The highest BCUT2D eigenvalue weighted by Gasteiger charge is 2.27. The zero-order chi connectivity index (χ0) is 18.2. The van der Waals surface area contributed by atoms with Crippen molar-refractivity contribution in [2.75, 3.05) is 13.7 Å². The van der Waals surface area contributed by atoms with Gasteiger partial charge in [-0.2, -0.15) is 0 Å². The minimum Gasteiger partial charge on any atom is -0.495 e. The monoisotopic (exact) mass is 368 g/mol. The Hall–Kier alpha value is -1.95. The number of nitrogens with one attached hydrogen (secondary N) is 2. The van der Waals surface area contributed by atoms with Crippen LogP contribution in [0.5, 0.6) is 5.75 Å². The van der Waals surface area contributed by atoms with Crippen molar-refractivity contribution >= 4 is 23.6 Å². The average molecular weight is 369 g/mol. The topological polar surface area (TPSA) is 76.7 Å². The number of rotatable bonds is 6. The highest BCUT2D eigenvalue weighted by atomic mass is 35.5. The summed E-state index contributed by atoms with van der Waals surface area (Å²) in [6.07, 6.45) is 3.06. The van der Waals surface area contributed by atoms with Crippen molar-refractivity contribution in [1.29, 1.82) is 0 Å². The van der Waals surface area contributed by atoms with Crippen molar-refractivity contribution < 1.29 is 19.1 Å². The van der Waals surface area contributed by atoms with Gasteiger partial charge in [-0.05, 0) is 50.3 Å². The third kappa shape index (κ3) is 5.81. The van der Waals surface area contributed by atoms with E-state index in [1.807, 2.05) is 13.0 Å². The molecule has 1 fully saturated rings. The van der Waals surface area contributed by atoms with Gasteiger partial charge in [0.2, 0.25) is 0 Å². The quantitative estimate of drug-likeness (QED) is 0.755. The standard InChI is InChI=1S/C18H25ClN2O4/c1-3-25-17(22)13-5-7-14(8-6-13)21-18(23)20-11-12-4-9-15(19)16(10-12)24-2/h4,9-10,13-14H,3,5-8,11H2,1-2H3,(H2,20,21,23). The van der Waals surface area contributed by atoms with Crippen LogP contribution in [0, 0.1) is 5.92 Å². The van der Waals surface area contributed by atoms with Crippen LogP contribution in [0.25, 0.3) is 0 Å².